The predicted molar refractivity (Wildman–Crippen MR) is 73.5 cm³/mol. The zero-order valence-corrected chi connectivity index (χ0v) is 12.0. The van der Waals surface area contributed by atoms with Crippen molar-refractivity contribution < 1.29 is 13.2 Å². The minimum Gasteiger partial charge on any atom is -0.380 e. The van der Waals surface area contributed by atoms with Gasteiger partial charge in [0.15, 0.2) is 0 Å². The number of sulfonamides is 1. The van der Waals surface area contributed by atoms with Gasteiger partial charge >= 0.3 is 0 Å². The molecule has 0 saturated carbocycles. The highest BCUT2D eigenvalue weighted by Gasteiger charge is 2.23. The van der Waals surface area contributed by atoms with Crippen molar-refractivity contribution in [1.29, 1.82) is 0 Å². The first kappa shape index (κ1) is 14.5. The lowest BCUT2D eigenvalue weighted by molar-refractivity contribution is 0.192. The highest BCUT2D eigenvalue weighted by atomic mass is 32.2. The van der Waals surface area contributed by atoms with Gasteiger partial charge in [0.2, 0.25) is 10.0 Å². The number of rotatable bonds is 5. The second kappa shape index (κ2) is 6.00. The predicted octanol–water partition coefficient (Wildman–Crippen LogP) is 1.03. The first-order valence-corrected chi connectivity index (χ1v) is 7.88. The monoisotopic (exact) mass is 284 g/mol. The fourth-order valence-corrected chi connectivity index (χ4v) is 3.34. The zero-order chi connectivity index (χ0) is 13.9. The van der Waals surface area contributed by atoms with E-state index in [-0.39, 0.29) is 12.1 Å². The molecule has 0 spiro atoms. The van der Waals surface area contributed by atoms with Gasteiger partial charge in [0.25, 0.3) is 0 Å². The third-order valence-corrected chi connectivity index (χ3v) is 4.87. The van der Waals surface area contributed by atoms with Gasteiger partial charge in [-0.05, 0) is 38.1 Å². The minimum absolute atomic E-state index is 0.115. The van der Waals surface area contributed by atoms with Gasteiger partial charge in [-0.1, -0.05) is 12.1 Å². The molecule has 0 radical (unpaired) electrons. The zero-order valence-electron chi connectivity index (χ0n) is 11.2. The Morgan fingerprint density at radius 1 is 1.42 bits per heavy atom. The van der Waals surface area contributed by atoms with Crippen molar-refractivity contribution in [2.24, 2.45) is 0 Å². The second-order valence-corrected chi connectivity index (χ2v) is 6.48. The molecule has 2 unspecified atom stereocenters. The molecule has 5 nitrogen and oxygen atoms in total. The number of nitrogens with one attached hydrogen (secondary N) is 2. The van der Waals surface area contributed by atoms with Crippen LogP contribution in [0.15, 0.2) is 29.2 Å². The molecule has 19 heavy (non-hydrogen) atoms. The minimum atomic E-state index is -3.47. The van der Waals surface area contributed by atoms with Crippen molar-refractivity contribution in [2.45, 2.75) is 30.3 Å². The van der Waals surface area contributed by atoms with Gasteiger partial charge in [-0.2, -0.15) is 0 Å². The standard InChI is InChI=1S/C13H20N2O3S/c1-10(14-2)11-4-3-5-13(8-11)19(16,17)15-12-6-7-18-9-12/h3-5,8,10,12,14-15H,6-7,9H2,1-2H3. The topological polar surface area (TPSA) is 67.4 Å². The van der Waals surface area contributed by atoms with E-state index in [2.05, 4.69) is 10.0 Å². The third-order valence-electron chi connectivity index (χ3n) is 3.35. The van der Waals surface area contributed by atoms with Crippen molar-refractivity contribution in [3.8, 4) is 0 Å². The summed E-state index contributed by atoms with van der Waals surface area (Å²) < 4.78 is 32.4. The van der Waals surface area contributed by atoms with Gasteiger partial charge in [-0.15, -0.1) is 0 Å². The van der Waals surface area contributed by atoms with Crippen LogP contribution in [0.3, 0.4) is 0 Å². The van der Waals surface area contributed by atoms with Crippen LogP contribution in [0, 0.1) is 0 Å². The van der Waals surface area contributed by atoms with E-state index in [9.17, 15) is 8.42 Å². The Morgan fingerprint density at radius 3 is 2.84 bits per heavy atom. The van der Waals surface area contributed by atoms with Crippen LogP contribution in [-0.4, -0.2) is 34.7 Å². The van der Waals surface area contributed by atoms with Crippen LogP contribution >= 0.6 is 0 Å². The van der Waals surface area contributed by atoms with E-state index in [0.29, 0.717) is 18.1 Å². The summed E-state index contributed by atoms with van der Waals surface area (Å²) in [7, 11) is -1.62. The van der Waals surface area contributed by atoms with Gasteiger partial charge in [0.1, 0.15) is 0 Å². The lowest BCUT2D eigenvalue weighted by Gasteiger charge is -2.14. The molecule has 0 bridgehead atoms. The molecule has 1 aliphatic heterocycles. The first-order valence-electron chi connectivity index (χ1n) is 6.40. The Hall–Kier alpha value is -0.950. The summed E-state index contributed by atoms with van der Waals surface area (Å²) >= 11 is 0. The van der Waals surface area contributed by atoms with Crippen molar-refractivity contribution in [2.75, 3.05) is 20.3 Å². The number of hydrogen-bond donors (Lipinski definition) is 2. The molecule has 1 aromatic rings. The fourth-order valence-electron chi connectivity index (χ4n) is 2.03. The molecule has 1 fully saturated rings. The fraction of sp³-hybridized carbons (Fsp3) is 0.538. The average molecular weight is 284 g/mol. The molecule has 0 aliphatic carbocycles. The van der Waals surface area contributed by atoms with Gasteiger partial charge in [0.05, 0.1) is 11.5 Å². The molecular weight excluding hydrogens is 264 g/mol. The summed E-state index contributed by atoms with van der Waals surface area (Å²) in [6, 6.07) is 7.01. The van der Waals surface area contributed by atoms with Crippen molar-refractivity contribution in [1.82, 2.24) is 10.0 Å². The van der Waals surface area contributed by atoms with Gasteiger partial charge in [-0.3, -0.25) is 0 Å². The molecule has 106 valence electrons. The Bertz CT molecular complexity index is 524. The molecule has 6 heteroatoms. The van der Waals surface area contributed by atoms with Gasteiger partial charge in [0, 0.05) is 18.7 Å². The number of hydrogen-bond acceptors (Lipinski definition) is 4. The van der Waals surface area contributed by atoms with Crippen LogP contribution in [0.4, 0.5) is 0 Å². The van der Waals surface area contributed by atoms with E-state index in [0.717, 1.165) is 12.0 Å². The molecule has 2 atom stereocenters. The smallest absolute Gasteiger partial charge is 0.240 e. The maximum atomic E-state index is 12.3. The SMILES string of the molecule is CNC(C)c1cccc(S(=O)(=O)NC2CCOC2)c1. The van der Waals surface area contributed by atoms with E-state index in [1.165, 1.54) is 0 Å². The van der Waals surface area contributed by atoms with Crippen LogP contribution in [0.2, 0.25) is 0 Å². The largest absolute Gasteiger partial charge is 0.380 e. The summed E-state index contributed by atoms with van der Waals surface area (Å²) in [5, 5.41) is 3.10. The maximum absolute atomic E-state index is 12.3. The highest BCUT2D eigenvalue weighted by molar-refractivity contribution is 7.89. The molecule has 0 amide bonds. The molecular formula is C13H20N2O3S. The number of ether oxygens (including phenoxy) is 1. The maximum Gasteiger partial charge on any atom is 0.240 e. The number of benzene rings is 1. The highest BCUT2D eigenvalue weighted by Crippen LogP contribution is 2.18. The van der Waals surface area contributed by atoms with Gasteiger partial charge in [-0.25, -0.2) is 13.1 Å². The normalized spacial score (nSPS) is 21.5. The van der Waals surface area contributed by atoms with E-state index in [4.69, 9.17) is 4.74 Å². The van der Waals surface area contributed by atoms with E-state index < -0.39 is 10.0 Å². The Morgan fingerprint density at radius 2 is 2.21 bits per heavy atom. The third kappa shape index (κ3) is 3.54. The molecule has 1 saturated heterocycles. The van der Waals surface area contributed by atoms with Crippen LogP contribution in [0.1, 0.15) is 24.9 Å². The van der Waals surface area contributed by atoms with E-state index in [1.54, 1.807) is 18.2 Å². The van der Waals surface area contributed by atoms with Crippen molar-refractivity contribution in [3.05, 3.63) is 29.8 Å². The van der Waals surface area contributed by atoms with Crippen molar-refractivity contribution >= 4 is 10.0 Å². The first-order chi connectivity index (χ1) is 9.03. The summed E-state index contributed by atoms with van der Waals surface area (Å²) in [6.45, 7) is 3.06. The van der Waals surface area contributed by atoms with E-state index >= 15 is 0 Å². The molecule has 2 N–H and O–H groups in total. The van der Waals surface area contributed by atoms with Crippen LogP contribution < -0.4 is 10.0 Å². The Labute approximate surface area is 114 Å². The molecule has 2 rings (SSSR count). The molecule has 1 aromatic carbocycles. The summed E-state index contributed by atoms with van der Waals surface area (Å²) in [6.07, 6.45) is 0.728. The van der Waals surface area contributed by atoms with Crippen LogP contribution in [0.5, 0.6) is 0 Å². The summed E-state index contributed by atoms with van der Waals surface area (Å²) in [5.74, 6) is 0. The second-order valence-electron chi connectivity index (χ2n) is 4.76. The quantitative estimate of drug-likeness (QED) is 0.847. The molecule has 0 aromatic heterocycles. The van der Waals surface area contributed by atoms with Gasteiger partial charge < -0.3 is 10.1 Å². The Balaban J connectivity index is 2.19. The average Bonchev–Trinajstić information content (AvgIpc) is 2.90. The van der Waals surface area contributed by atoms with E-state index in [1.807, 2.05) is 20.0 Å². The lowest BCUT2D eigenvalue weighted by Crippen LogP contribution is -2.35. The summed E-state index contributed by atoms with van der Waals surface area (Å²) in [5.41, 5.74) is 0.952. The van der Waals surface area contributed by atoms with Crippen LogP contribution in [0.25, 0.3) is 0 Å². The van der Waals surface area contributed by atoms with Crippen molar-refractivity contribution in [3.63, 3.8) is 0 Å². The lowest BCUT2D eigenvalue weighted by atomic mass is 10.1. The molecule has 1 aliphatic rings. The van der Waals surface area contributed by atoms with Crippen LogP contribution in [-0.2, 0) is 14.8 Å². The summed E-state index contributed by atoms with van der Waals surface area (Å²) in [4.78, 5) is 0.305. The molecule has 1 heterocycles. The Kier molecular flexibility index (Phi) is 4.57.